The van der Waals surface area contributed by atoms with Gasteiger partial charge in [-0.15, -0.1) is 0 Å². The van der Waals surface area contributed by atoms with E-state index >= 15 is 0 Å². The van der Waals surface area contributed by atoms with Crippen LogP contribution in [0.25, 0.3) is 0 Å². The van der Waals surface area contributed by atoms with Crippen LogP contribution in [0.4, 0.5) is 0 Å². The summed E-state index contributed by atoms with van der Waals surface area (Å²) in [5.41, 5.74) is 5.66. The summed E-state index contributed by atoms with van der Waals surface area (Å²) in [6.45, 7) is 3.23. The molecule has 17 heavy (non-hydrogen) atoms. The number of carbonyl (C=O) groups is 2. The normalized spacial score (nSPS) is 11.9. The summed E-state index contributed by atoms with van der Waals surface area (Å²) >= 11 is 5.95. The number of ketones is 1. The lowest BCUT2D eigenvalue weighted by atomic mass is 10.1. The van der Waals surface area contributed by atoms with Crippen molar-refractivity contribution in [3.63, 3.8) is 0 Å². The maximum Gasteiger partial charge on any atom is 0.258 e. The Balaban J connectivity index is 2.93. The quantitative estimate of drug-likeness (QED) is 0.820. The number of carbonyl (C=O) groups excluding carboxylic acids is 2. The van der Waals surface area contributed by atoms with Crippen LogP contribution >= 0.6 is 11.6 Å². The second kappa shape index (κ2) is 5.68. The van der Waals surface area contributed by atoms with E-state index < -0.39 is 12.0 Å². The summed E-state index contributed by atoms with van der Waals surface area (Å²) in [6, 6.07) is 4.66. The van der Waals surface area contributed by atoms with Crippen LogP contribution < -0.4 is 10.5 Å². The van der Waals surface area contributed by atoms with E-state index in [0.717, 1.165) is 0 Å². The molecule has 0 fully saturated rings. The number of ether oxygens (including phenoxy) is 1. The van der Waals surface area contributed by atoms with Crippen LogP contribution in [0.2, 0.25) is 5.02 Å². The minimum atomic E-state index is -0.712. The summed E-state index contributed by atoms with van der Waals surface area (Å²) in [6.07, 6.45) is -0.254. The van der Waals surface area contributed by atoms with E-state index in [2.05, 4.69) is 0 Å². The first kappa shape index (κ1) is 13.5. The fourth-order valence-corrected chi connectivity index (χ4v) is 1.54. The highest BCUT2D eigenvalue weighted by molar-refractivity contribution is 6.32. The monoisotopic (exact) mass is 255 g/mol. The van der Waals surface area contributed by atoms with Crippen molar-refractivity contribution in [1.29, 1.82) is 0 Å². The maximum absolute atomic E-state index is 11.1. The van der Waals surface area contributed by atoms with E-state index in [1.54, 1.807) is 19.1 Å². The number of amides is 1. The highest BCUT2D eigenvalue weighted by Gasteiger charge is 2.16. The third kappa shape index (κ3) is 3.46. The van der Waals surface area contributed by atoms with Crippen LogP contribution in [-0.2, 0) is 4.79 Å². The highest BCUT2D eigenvalue weighted by atomic mass is 35.5. The SMILES string of the molecule is CCC(Oc1ccc(C(C)=O)cc1Cl)C(N)=O. The lowest BCUT2D eigenvalue weighted by Gasteiger charge is -2.15. The van der Waals surface area contributed by atoms with E-state index in [4.69, 9.17) is 22.1 Å². The van der Waals surface area contributed by atoms with Gasteiger partial charge in [0, 0.05) is 5.56 Å². The van der Waals surface area contributed by atoms with E-state index in [-0.39, 0.29) is 10.8 Å². The van der Waals surface area contributed by atoms with Crippen LogP contribution in [0, 0.1) is 0 Å². The average Bonchev–Trinajstić information content (AvgIpc) is 2.26. The average molecular weight is 256 g/mol. The van der Waals surface area contributed by atoms with Crippen LogP contribution in [0.15, 0.2) is 18.2 Å². The molecule has 0 saturated carbocycles. The van der Waals surface area contributed by atoms with Crippen molar-refractivity contribution >= 4 is 23.3 Å². The molecule has 1 rings (SSSR count). The molecule has 1 atom stereocenters. The molecule has 4 nitrogen and oxygen atoms in total. The molecule has 0 aliphatic heterocycles. The maximum atomic E-state index is 11.1. The minimum Gasteiger partial charge on any atom is -0.479 e. The number of hydrogen-bond acceptors (Lipinski definition) is 3. The van der Waals surface area contributed by atoms with E-state index in [1.165, 1.54) is 13.0 Å². The number of primary amides is 1. The third-order valence-corrected chi connectivity index (χ3v) is 2.59. The first-order valence-corrected chi connectivity index (χ1v) is 5.60. The predicted molar refractivity (Wildman–Crippen MR) is 65.4 cm³/mol. The number of halogens is 1. The number of benzene rings is 1. The zero-order valence-electron chi connectivity index (χ0n) is 9.70. The van der Waals surface area contributed by atoms with Gasteiger partial charge >= 0.3 is 0 Å². The van der Waals surface area contributed by atoms with Gasteiger partial charge in [0.05, 0.1) is 5.02 Å². The van der Waals surface area contributed by atoms with Crippen LogP contribution in [0.3, 0.4) is 0 Å². The Morgan fingerprint density at radius 1 is 1.47 bits per heavy atom. The summed E-state index contributed by atoms with van der Waals surface area (Å²) in [4.78, 5) is 22.1. The Labute approximate surface area is 105 Å². The van der Waals surface area contributed by atoms with E-state index in [0.29, 0.717) is 17.7 Å². The van der Waals surface area contributed by atoms with Crippen molar-refractivity contribution < 1.29 is 14.3 Å². The van der Waals surface area contributed by atoms with E-state index in [1.807, 2.05) is 0 Å². The van der Waals surface area contributed by atoms with Gasteiger partial charge in [0.1, 0.15) is 5.75 Å². The molecule has 0 radical (unpaired) electrons. The molecule has 1 amide bonds. The van der Waals surface area contributed by atoms with Gasteiger partial charge < -0.3 is 10.5 Å². The molecule has 5 heteroatoms. The van der Waals surface area contributed by atoms with Gasteiger partial charge in [0.15, 0.2) is 11.9 Å². The Morgan fingerprint density at radius 3 is 2.53 bits per heavy atom. The fraction of sp³-hybridized carbons (Fsp3) is 0.333. The van der Waals surface area contributed by atoms with Gasteiger partial charge in [0.25, 0.3) is 5.91 Å². The van der Waals surface area contributed by atoms with Gasteiger partial charge in [-0.3, -0.25) is 9.59 Å². The Hall–Kier alpha value is -1.55. The molecular formula is C12H14ClNO3. The molecule has 1 unspecified atom stereocenters. The Morgan fingerprint density at radius 2 is 2.12 bits per heavy atom. The number of Topliss-reactive ketones (excluding diaryl/α,β-unsaturated/α-hetero) is 1. The largest absolute Gasteiger partial charge is 0.479 e. The molecule has 2 N–H and O–H groups in total. The molecule has 1 aromatic rings. The summed E-state index contributed by atoms with van der Waals surface area (Å²) in [7, 11) is 0. The zero-order chi connectivity index (χ0) is 13.0. The van der Waals surface area contributed by atoms with E-state index in [9.17, 15) is 9.59 Å². The van der Waals surface area contributed by atoms with Crippen LogP contribution in [0.1, 0.15) is 30.6 Å². The van der Waals surface area contributed by atoms with Gasteiger partial charge in [-0.2, -0.15) is 0 Å². The minimum absolute atomic E-state index is 0.0830. The molecular weight excluding hydrogens is 242 g/mol. The topological polar surface area (TPSA) is 69.4 Å². The first-order valence-electron chi connectivity index (χ1n) is 5.22. The highest BCUT2D eigenvalue weighted by Crippen LogP contribution is 2.27. The number of nitrogens with two attached hydrogens (primary N) is 1. The predicted octanol–water partition coefficient (Wildman–Crippen LogP) is 2.19. The smallest absolute Gasteiger partial charge is 0.258 e. The van der Waals surface area contributed by atoms with Crippen molar-refractivity contribution in [2.45, 2.75) is 26.4 Å². The van der Waals surface area contributed by atoms with Gasteiger partial charge in [-0.1, -0.05) is 18.5 Å². The van der Waals surface area contributed by atoms with Crippen molar-refractivity contribution in [2.24, 2.45) is 5.73 Å². The van der Waals surface area contributed by atoms with Gasteiger partial charge in [-0.05, 0) is 31.5 Å². The molecule has 0 heterocycles. The first-order chi connectivity index (χ1) is 7.95. The zero-order valence-corrected chi connectivity index (χ0v) is 10.5. The van der Waals surface area contributed by atoms with Crippen LogP contribution in [-0.4, -0.2) is 17.8 Å². The molecule has 0 aromatic heterocycles. The summed E-state index contributed by atoms with van der Waals surface area (Å²) in [5, 5.41) is 0.289. The summed E-state index contributed by atoms with van der Waals surface area (Å²) < 4.78 is 5.37. The van der Waals surface area contributed by atoms with Crippen molar-refractivity contribution in [2.75, 3.05) is 0 Å². The molecule has 0 bridgehead atoms. The Bertz CT molecular complexity index is 445. The second-order valence-corrected chi connectivity index (χ2v) is 4.03. The van der Waals surface area contributed by atoms with Crippen LogP contribution in [0.5, 0.6) is 5.75 Å². The summed E-state index contributed by atoms with van der Waals surface area (Å²) in [5.74, 6) is -0.276. The van der Waals surface area contributed by atoms with Crippen molar-refractivity contribution in [3.8, 4) is 5.75 Å². The number of rotatable bonds is 5. The van der Waals surface area contributed by atoms with Gasteiger partial charge in [0.2, 0.25) is 0 Å². The Kier molecular flexibility index (Phi) is 4.52. The lowest BCUT2D eigenvalue weighted by Crippen LogP contribution is -2.33. The second-order valence-electron chi connectivity index (χ2n) is 3.62. The lowest BCUT2D eigenvalue weighted by molar-refractivity contribution is -0.124. The van der Waals surface area contributed by atoms with Crippen molar-refractivity contribution in [3.05, 3.63) is 28.8 Å². The number of hydrogen-bond donors (Lipinski definition) is 1. The molecule has 1 aromatic carbocycles. The van der Waals surface area contributed by atoms with Crippen molar-refractivity contribution in [1.82, 2.24) is 0 Å². The standard InChI is InChI=1S/C12H14ClNO3/c1-3-10(12(14)16)17-11-5-4-8(7(2)15)6-9(11)13/h4-6,10H,3H2,1-2H3,(H2,14,16). The molecule has 92 valence electrons. The third-order valence-electron chi connectivity index (χ3n) is 2.30. The molecule has 0 aliphatic rings. The molecule has 0 spiro atoms. The fourth-order valence-electron chi connectivity index (χ4n) is 1.31. The molecule has 0 saturated heterocycles. The van der Waals surface area contributed by atoms with Gasteiger partial charge in [-0.25, -0.2) is 0 Å². The molecule has 0 aliphatic carbocycles.